The average molecular weight is 305 g/mol. The molecule has 0 fully saturated rings. The van der Waals surface area contributed by atoms with Crippen LogP contribution in [0, 0.1) is 0 Å². The van der Waals surface area contributed by atoms with Gasteiger partial charge in [0.2, 0.25) is 5.91 Å². The number of fused-ring (bicyclic) bond motifs is 1. The van der Waals surface area contributed by atoms with E-state index < -0.39 is 5.97 Å². The summed E-state index contributed by atoms with van der Waals surface area (Å²) < 4.78 is 0. The van der Waals surface area contributed by atoms with Crippen LogP contribution in [0.4, 0.5) is 5.69 Å². The Morgan fingerprint density at radius 1 is 1.00 bits per heavy atom. The zero-order valence-electron chi connectivity index (χ0n) is 12.2. The summed E-state index contributed by atoms with van der Waals surface area (Å²) in [7, 11) is 0. The van der Waals surface area contributed by atoms with Crippen molar-refractivity contribution >= 4 is 28.5 Å². The number of aromatic carboxylic acids is 1. The van der Waals surface area contributed by atoms with Crippen LogP contribution in [0.3, 0.4) is 0 Å². The molecule has 5 nitrogen and oxygen atoms in total. The van der Waals surface area contributed by atoms with Crippen molar-refractivity contribution in [3.63, 3.8) is 0 Å². The lowest BCUT2D eigenvalue weighted by atomic mass is 10.1. The standard InChI is InChI=1S/C18H14N2O3/c21-17(20-12-6-2-1-3-7-12)11-13-10-15(18(22)23)14-8-4-5-9-16(14)19-13/h1-10H,11H2,(H,20,21)(H,22,23)/p-1. The molecule has 1 amide bonds. The maximum Gasteiger partial charge on any atom is 0.230 e. The SMILES string of the molecule is O=C(Cc1cc(C(=O)[O-])c2ccccc2n1)Nc1ccccc1. The number of rotatable bonds is 4. The van der Waals surface area contributed by atoms with Gasteiger partial charge in [0.15, 0.2) is 0 Å². The topological polar surface area (TPSA) is 82.1 Å². The molecule has 3 aromatic rings. The summed E-state index contributed by atoms with van der Waals surface area (Å²) in [5.74, 6) is -1.54. The highest BCUT2D eigenvalue weighted by Gasteiger charge is 2.10. The Morgan fingerprint density at radius 2 is 1.70 bits per heavy atom. The van der Waals surface area contributed by atoms with Gasteiger partial charge in [-0.2, -0.15) is 0 Å². The maximum atomic E-state index is 12.1. The van der Waals surface area contributed by atoms with Gasteiger partial charge in [0.05, 0.1) is 23.6 Å². The Hall–Kier alpha value is -3.21. The van der Waals surface area contributed by atoms with E-state index in [9.17, 15) is 14.7 Å². The third-order valence-corrected chi connectivity index (χ3v) is 3.39. The molecule has 0 saturated carbocycles. The molecule has 0 aliphatic heterocycles. The van der Waals surface area contributed by atoms with E-state index in [-0.39, 0.29) is 17.9 Å². The first-order valence-electron chi connectivity index (χ1n) is 7.08. The lowest BCUT2D eigenvalue weighted by Gasteiger charge is -2.10. The molecule has 0 aliphatic carbocycles. The highest BCUT2D eigenvalue weighted by atomic mass is 16.4. The molecule has 0 unspecified atom stereocenters. The molecular weight excluding hydrogens is 292 g/mol. The molecule has 23 heavy (non-hydrogen) atoms. The van der Waals surface area contributed by atoms with Crippen molar-refractivity contribution < 1.29 is 14.7 Å². The number of para-hydroxylation sites is 2. The molecule has 3 rings (SSSR count). The van der Waals surface area contributed by atoms with Gasteiger partial charge in [-0.1, -0.05) is 36.4 Å². The largest absolute Gasteiger partial charge is 0.545 e. The summed E-state index contributed by atoms with van der Waals surface area (Å²) >= 11 is 0. The highest BCUT2D eigenvalue weighted by molar-refractivity contribution is 6.02. The van der Waals surface area contributed by atoms with Crippen molar-refractivity contribution in [3.05, 3.63) is 71.9 Å². The van der Waals surface area contributed by atoms with E-state index >= 15 is 0 Å². The van der Waals surface area contributed by atoms with E-state index in [1.54, 1.807) is 36.4 Å². The number of aromatic nitrogens is 1. The number of carboxylic acids is 1. The van der Waals surface area contributed by atoms with E-state index in [1.165, 1.54) is 6.07 Å². The molecule has 5 heteroatoms. The number of amides is 1. The minimum absolute atomic E-state index is 0.0139. The lowest BCUT2D eigenvalue weighted by molar-refractivity contribution is -0.254. The lowest BCUT2D eigenvalue weighted by Crippen LogP contribution is -2.23. The number of carbonyl (C=O) groups excluding carboxylic acids is 2. The molecule has 1 N–H and O–H groups in total. The van der Waals surface area contributed by atoms with Crippen molar-refractivity contribution in [3.8, 4) is 0 Å². The highest BCUT2D eigenvalue weighted by Crippen LogP contribution is 2.18. The van der Waals surface area contributed by atoms with Crippen LogP contribution >= 0.6 is 0 Å². The van der Waals surface area contributed by atoms with Gasteiger partial charge in [-0.05, 0) is 24.3 Å². The van der Waals surface area contributed by atoms with Crippen molar-refractivity contribution in [1.82, 2.24) is 4.98 Å². The first-order valence-corrected chi connectivity index (χ1v) is 7.08. The monoisotopic (exact) mass is 305 g/mol. The first kappa shape index (κ1) is 14.7. The summed E-state index contributed by atoms with van der Waals surface area (Å²) in [6.45, 7) is 0. The maximum absolute atomic E-state index is 12.1. The normalized spacial score (nSPS) is 10.4. The number of nitrogens with one attached hydrogen (secondary N) is 1. The molecule has 0 atom stereocenters. The number of benzene rings is 2. The second-order valence-electron chi connectivity index (χ2n) is 5.06. The van der Waals surface area contributed by atoms with Crippen molar-refractivity contribution in [2.75, 3.05) is 5.32 Å². The molecule has 1 heterocycles. The van der Waals surface area contributed by atoms with Gasteiger partial charge in [-0.15, -0.1) is 0 Å². The smallest absolute Gasteiger partial charge is 0.230 e. The molecule has 2 aromatic carbocycles. The number of nitrogens with zero attached hydrogens (tertiary/aromatic N) is 1. The second-order valence-corrected chi connectivity index (χ2v) is 5.06. The van der Waals surface area contributed by atoms with Gasteiger partial charge < -0.3 is 15.2 Å². The molecule has 0 spiro atoms. The average Bonchev–Trinajstić information content (AvgIpc) is 2.54. The Labute approximate surface area is 132 Å². The Bertz CT molecular complexity index is 876. The Kier molecular flexibility index (Phi) is 4.01. The van der Waals surface area contributed by atoms with Crippen LogP contribution in [0.5, 0.6) is 0 Å². The van der Waals surface area contributed by atoms with E-state index in [0.717, 1.165) is 0 Å². The fourth-order valence-corrected chi connectivity index (χ4v) is 2.38. The molecule has 0 aliphatic rings. The van der Waals surface area contributed by atoms with Gasteiger partial charge in [0.25, 0.3) is 0 Å². The number of pyridine rings is 1. The minimum Gasteiger partial charge on any atom is -0.545 e. The van der Waals surface area contributed by atoms with Gasteiger partial charge in [-0.25, -0.2) is 0 Å². The molecule has 0 radical (unpaired) electrons. The number of anilines is 1. The Balaban J connectivity index is 1.88. The van der Waals surface area contributed by atoms with Gasteiger partial charge in [0, 0.05) is 16.6 Å². The number of carbonyl (C=O) groups is 2. The van der Waals surface area contributed by atoms with Crippen LogP contribution < -0.4 is 10.4 Å². The predicted molar refractivity (Wildman–Crippen MR) is 84.8 cm³/mol. The number of hydrogen-bond donors (Lipinski definition) is 1. The van der Waals surface area contributed by atoms with E-state index in [0.29, 0.717) is 22.3 Å². The van der Waals surface area contributed by atoms with Crippen LogP contribution in [0.2, 0.25) is 0 Å². The Morgan fingerprint density at radius 3 is 2.43 bits per heavy atom. The zero-order valence-corrected chi connectivity index (χ0v) is 12.2. The van der Waals surface area contributed by atoms with E-state index in [4.69, 9.17) is 0 Å². The fourth-order valence-electron chi connectivity index (χ4n) is 2.38. The predicted octanol–water partition coefficient (Wildman–Crippen LogP) is 1.78. The zero-order chi connectivity index (χ0) is 16.2. The summed E-state index contributed by atoms with van der Waals surface area (Å²) in [5, 5.41) is 14.5. The number of hydrogen-bond acceptors (Lipinski definition) is 4. The van der Waals surface area contributed by atoms with Crippen molar-refractivity contribution in [1.29, 1.82) is 0 Å². The van der Waals surface area contributed by atoms with Crippen LogP contribution in [0.15, 0.2) is 60.7 Å². The number of carboxylic acid groups (broad SMARTS) is 1. The quantitative estimate of drug-likeness (QED) is 0.796. The van der Waals surface area contributed by atoms with Crippen molar-refractivity contribution in [2.45, 2.75) is 6.42 Å². The first-order chi connectivity index (χ1) is 11.1. The van der Waals surface area contributed by atoms with Gasteiger partial charge >= 0.3 is 0 Å². The summed E-state index contributed by atoms with van der Waals surface area (Å²) in [5.41, 5.74) is 1.63. The van der Waals surface area contributed by atoms with E-state index in [1.807, 2.05) is 18.2 Å². The molecule has 0 saturated heterocycles. The van der Waals surface area contributed by atoms with Crippen LogP contribution in [-0.4, -0.2) is 16.9 Å². The molecular formula is C18H13N2O3-. The second kappa shape index (κ2) is 6.27. The van der Waals surface area contributed by atoms with Crippen molar-refractivity contribution in [2.24, 2.45) is 0 Å². The molecule has 114 valence electrons. The summed E-state index contributed by atoms with van der Waals surface area (Å²) in [6.07, 6.45) is -0.0139. The van der Waals surface area contributed by atoms with Crippen LogP contribution in [-0.2, 0) is 11.2 Å². The molecule has 1 aromatic heterocycles. The fraction of sp³-hybridized carbons (Fsp3) is 0.0556. The summed E-state index contributed by atoms with van der Waals surface area (Å²) in [6, 6.07) is 17.3. The third-order valence-electron chi connectivity index (χ3n) is 3.39. The van der Waals surface area contributed by atoms with E-state index in [2.05, 4.69) is 10.3 Å². The summed E-state index contributed by atoms with van der Waals surface area (Å²) in [4.78, 5) is 27.7. The van der Waals surface area contributed by atoms with Crippen LogP contribution in [0.1, 0.15) is 16.1 Å². The minimum atomic E-state index is -1.28. The third kappa shape index (κ3) is 3.35. The van der Waals surface area contributed by atoms with Crippen LogP contribution in [0.25, 0.3) is 10.9 Å². The van der Waals surface area contributed by atoms with Gasteiger partial charge in [0.1, 0.15) is 0 Å². The molecule has 0 bridgehead atoms. The van der Waals surface area contributed by atoms with Gasteiger partial charge in [-0.3, -0.25) is 9.78 Å².